The minimum atomic E-state index is -0.138. The van der Waals surface area contributed by atoms with Gasteiger partial charge in [0.2, 0.25) is 0 Å². The Balaban J connectivity index is 1.64. The molecule has 1 aliphatic rings. The first kappa shape index (κ1) is 19.3. The van der Waals surface area contributed by atoms with Gasteiger partial charge in [-0.1, -0.05) is 59.2 Å². The number of rotatable bonds is 3. The number of amides is 1. The fraction of sp³-hybridized carbons (Fsp3) is 0.0476. The number of furan rings is 1. The Morgan fingerprint density at radius 3 is 2.39 bits per heavy atom. The van der Waals surface area contributed by atoms with Crippen LogP contribution in [0.3, 0.4) is 0 Å². The Labute approximate surface area is 181 Å². The molecule has 1 aliphatic heterocycles. The van der Waals surface area contributed by atoms with E-state index in [-0.39, 0.29) is 5.24 Å². The van der Waals surface area contributed by atoms with Gasteiger partial charge >= 0.3 is 0 Å². The fourth-order valence-electron chi connectivity index (χ4n) is 2.81. The van der Waals surface area contributed by atoms with Crippen LogP contribution in [0.25, 0.3) is 17.4 Å². The average Bonchev–Trinajstić information content (AvgIpc) is 3.21. The highest BCUT2D eigenvalue weighted by molar-refractivity contribution is 8.20. The van der Waals surface area contributed by atoms with Crippen molar-refractivity contribution >= 4 is 69.2 Å². The molecule has 3 aromatic rings. The number of thioether (sulfide) groups is 1. The van der Waals surface area contributed by atoms with E-state index in [1.165, 1.54) is 4.90 Å². The fourth-order valence-corrected chi connectivity index (χ4v) is 4.65. The third kappa shape index (κ3) is 3.63. The molecule has 3 nitrogen and oxygen atoms in total. The van der Waals surface area contributed by atoms with Gasteiger partial charge in [0.05, 0.1) is 26.2 Å². The number of thiocarbonyl (C=S) groups is 1. The minimum absolute atomic E-state index is 0.138. The molecule has 28 heavy (non-hydrogen) atoms. The highest BCUT2D eigenvalue weighted by atomic mass is 35.5. The number of halogens is 2. The molecule has 0 atom stereocenters. The van der Waals surface area contributed by atoms with Gasteiger partial charge in [0.25, 0.3) is 5.24 Å². The van der Waals surface area contributed by atoms with E-state index in [1.54, 1.807) is 36.4 Å². The molecule has 7 heteroatoms. The summed E-state index contributed by atoms with van der Waals surface area (Å²) in [5.41, 5.74) is 2.50. The molecule has 0 radical (unpaired) electrons. The Bertz CT molecular complexity index is 1100. The number of anilines is 1. The second-order valence-corrected chi connectivity index (χ2v) is 8.35. The summed E-state index contributed by atoms with van der Waals surface area (Å²) in [4.78, 5) is 15.1. The molecule has 0 unspecified atom stereocenters. The van der Waals surface area contributed by atoms with Gasteiger partial charge in [-0.25, -0.2) is 0 Å². The highest BCUT2D eigenvalue weighted by Gasteiger charge is 2.33. The molecule has 0 aliphatic carbocycles. The number of carbonyl (C=O) groups is 1. The lowest BCUT2D eigenvalue weighted by molar-refractivity contribution is 0.268. The van der Waals surface area contributed by atoms with Crippen LogP contribution in [0.1, 0.15) is 11.3 Å². The maximum Gasteiger partial charge on any atom is 0.296 e. The van der Waals surface area contributed by atoms with Crippen LogP contribution < -0.4 is 4.90 Å². The van der Waals surface area contributed by atoms with Crippen molar-refractivity contribution in [1.29, 1.82) is 0 Å². The molecule has 0 bridgehead atoms. The van der Waals surface area contributed by atoms with Gasteiger partial charge in [-0.3, -0.25) is 9.69 Å². The first-order valence-electron chi connectivity index (χ1n) is 8.33. The molecule has 0 spiro atoms. The molecule has 1 fully saturated rings. The molecule has 4 rings (SSSR count). The number of nitrogens with zero attached hydrogens (tertiary/aromatic N) is 1. The number of benzene rings is 2. The van der Waals surface area contributed by atoms with Crippen LogP contribution in [0.15, 0.2) is 63.9 Å². The quantitative estimate of drug-likeness (QED) is 0.306. The molecule has 1 aromatic heterocycles. The lowest BCUT2D eigenvalue weighted by atomic mass is 10.2. The van der Waals surface area contributed by atoms with Gasteiger partial charge in [0.1, 0.15) is 16.5 Å². The molecule has 0 saturated carbocycles. The smallest absolute Gasteiger partial charge is 0.296 e. The SMILES string of the molecule is Cc1ccc(N2C(=O)SC(=Cc3ccc(-c4c(Cl)cccc4Cl)o3)C2=S)cc1. The van der Waals surface area contributed by atoms with E-state index >= 15 is 0 Å². The maximum absolute atomic E-state index is 12.5. The predicted molar refractivity (Wildman–Crippen MR) is 121 cm³/mol. The molecular weight excluding hydrogens is 433 g/mol. The van der Waals surface area contributed by atoms with Gasteiger partial charge in [0, 0.05) is 0 Å². The van der Waals surface area contributed by atoms with Gasteiger partial charge in [-0.05, 0) is 61.2 Å². The molecule has 0 N–H and O–H groups in total. The van der Waals surface area contributed by atoms with Gasteiger partial charge < -0.3 is 4.42 Å². The maximum atomic E-state index is 12.5. The van der Waals surface area contributed by atoms with Crippen molar-refractivity contribution in [2.45, 2.75) is 6.92 Å². The zero-order valence-corrected chi connectivity index (χ0v) is 17.8. The molecule has 2 heterocycles. The summed E-state index contributed by atoms with van der Waals surface area (Å²) >= 11 is 19.1. The van der Waals surface area contributed by atoms with Crippen molar-refractivity contribution in [2.24, 2.45) is 0 Å². The van der Waals surface area contributed by atoms with Gasteiger partial charge in [0.15, 0.2) is 0 Å². The van der Waals surface area contributed by atoms with Crippen LogP contribution in [0.5, 0.6) is 0 Å². The van der Waals surface area contributed by atoms with Crippen molar-refractivity contribution in [2.75, 3.05) is 4.90 Å². The van der Waals surface area contributed by atoms with Crippen molar-refractivity contribution in [3.05, 3.63) is 80.9 Å². The monoisotopic (exact) mass is 445 g/mol. The summed E-state index contributed by atoms with van der Waals surface area (Å²) in [7, 11) is 0. The standard InChI is InChI=1S/C21H13Cl2NO2S2/c1-12-5-7-13(8-6-12)24-20(27)18(28-21(24)25)11-14-9-10-17(26-14)19-15(22)3-2-4-16(19)23/h2-11H,1H3. The lowest BCUT2D eigenvalue weighted by Crippen LogP contribution is -2.26. The Hall–Kier alpha value is -2.05. The van der Waals surface area contributed by atoms with E-state index in [4.69, 9.17) is 39.8 Å². The first-order chi connectivity index (χ1) is 13.4. The van der Waals surface area contributed by atoms with Crippen molar-refractivity contribution in [3.8, 4) is 11.3 Å². The second-order valence-electron chi connectivity index (χ2n) is 6.15. The molecule has 1 saturated heterocycles. The van der Waals surface area contributed by atoms with Gasteiger partial charge in [-0.2, -0.15) is 0 Å². The normalized spacial score (nSPS) is 15.7. The Kier molecular flexibility index (Phi) is 5.34. The topological polar surface area (TPSA) is 33.5 Å². The van der Waals surface area contributed by atoms with Crippen LogP contribution in [0.2, 0.25) is 10.0 Å². The van der Waals surface area contributed by atoms with E-state index < -0.39 is 0 Å². The summed E-state index contributed by atoms with van der Waals surface area (Å²) in [6.45, 7) is 1.99. The average molecular weight is 446 g/mol. The van der Waals surface area contributed by atoms with E-state index in [1.807, 2.05) is 31.2 Å². The summed E-state index contributed by atoms with van der Waals surface area (Å²) in [6.07, 6.45) is 1.76. The lowest BCUT2D eigenvalue weighted by Gasteiger charge is -2.14. The number of carbonyl (C=O) groups excluding carboxylic acids is 1. The molecular formula is C21H13Cl2NO2S2. The Morgan fingerprint density at radius 2 is 1.71 bits per heavy atom. The summed E-state index contributed by atoms with van der Waals surface area (Å²) < 4.78 is 5.89. The molecule has 1 amide bonds. The summed E-state index contributed by atoms with van der Waals surface area (Å²) in [6, 6.07) is 16.5. The molecule has 2 aromatic carbocycles. The Morgan fingerprint density at radius 1 is 1.04 bits per heavy atom. The van der Waals surface area contributed by atoms with Crippen LogP contribution >= 0.6 is 47.2 Å². The number of hydrogen-bond donors (Lipinski definition) is 0. The van der Waals surface area contributed by atoms with Crippen LogP contribution in [0.4, 0.5) is 10.5 Å². The van der Waals surface area contributed by atoms with E-state index in [0.717, 1.165) is 23.0 Å². The highest BCUT2D eigenvalue weighted by Crippen LogP contribution is 2.39. The van der Waals surface area contributed by atoms with Crippen molar-refractivity contribution in [3.63, 3.8) is 0 Å². The summed E-state index contributed by atoms with van der Waals surface area (Å²) in [5, 5.41) is 0.876. The van der Waals surface area contributed by atoms with Crippen molar-refractivity contribution in [1.82, 2.24) is 0 Å². The number of hydrogen-bond acceptors (Lipinski definition) is 4. The zero-order chi connectivity index (χ0) is 19.8. The van der Waals surface area contributed by atoms with Crippen molar-refractivity contribution < 1.29 is 9.21 Å². The largest absolute Gasteiger partial charge is 0.457 e. The van der Waals surface area contributed by atoms with Crippen LogP contribution in [-0.4, -0.2) is 10.2 Å². The third-order valence-electron chi connectivity index (χ3n) is 4.20. The summed E-state index contributed by atoms with van der Waals surface area (Å²) in [5.74, 6) is 1.12. The van der Waals surface area contributed by atoms with Gasteiger partial charge in [-0.15, -0.1) is 0 Å². The van der Waals surface area contributed by atoms with Crippen LogP contribution in [0, 0.1) is 6.92 Å². The van der Waals surface area contributed by atoms with Crippen LogP contribution in [-0.2, 0) is 0 Å². The predicted octanol–water partition coefficient (Wildman–Crippen LogP) is 7.60. The number of aryl methyl sites for hydroxylation is 1. The first-order valence-corrected chi connectivity index (χ1v) is 10.3. The minimum Gasteiger partial charge on any atom is -0.457 e. The van der Waals surface area contributed by atoms with E-state index in [2.05, 4.69) is 0 Å². The van der Waals surface area contributed by atoms with E-state index in [0.29, 0.717) is 37.0 Å². The second kappa shape index (κ2) is 7.76. The zero-order valence-electron chi connectivity index (χ0n) is 14.6. The molecule has 140 valence electrons. The van der Waals surface area contributed by atoms with E-state index in [9.17, 15) is 4.79 Å². The third-order valence-corrected chi connectivity index (χ3v) is 6.25.